The first-order valence-electron chi connectivity index (χ1n) is 7.87. The van der Waals surface area contributed by atoms with E-state index in [4.69, 9.17) is 4.74 Å². The Labute approximate surface area is 153 Å². The maximum Gasteiger partial charge on any atom is 0.269 e. The summed E-state index contributed by atoms with van der Waals surface area (Å²) in [6.45, 7) is 3.01. The van der Waals surface area contributed by atoms with Crippen molar-refractivity contribution in [2.24, 2.45) is 0 Å². The summed E-state index contributed by atoms with van der Waals surface area (Å²) >= 11 is 3.51. The third-order valence-electron chi connectivity index (χ3n) is 4.51. The van der Waals surface area contributed by atoms with Crippen LogP contribution in [-0.2, 0) is 6.54 Å². The van der Waals surface area contributed by atoms with Gasteiger partial charge in [0.05, 0.1) is 11.5 Å². The van der Waals surface area contributed by atoms with Crippen LogP contribution in [0.2, 0.25) is 0 Å². The van der Waals surface area contributed by atoms with Crippen LogP contribution in [0.5, 0.6) is 5.75 Å². The highest BCUT2D eigenvalue weighted by atomic mass is 79.9. The summed E-state index contributed by atoms with van der Waals surface area (Å²) in [6.07, 6.45) is 0. The molecule has 25 heavy (non-hydrogen) atoms. The van der Waals surface area contributed by atoms with Crippen LogP contribution in [-0.4, -0.2) is 11.7 Å². The predicted molar refractivity (Wildman–Crippen MR) is 101 cm³/mol. The number of hydrogen-bond acceptors (Lipinski definition) is 4. The molecule has 0 N–H and O–H groups in total. The highest BCUT2D eigenvalue weighted by Gasteiger charge is 2.22. The van der Waals surface area contributed by atoms with Crippen LogP contribution in [0.15, 0.2) is 53.0 Å². The van der Waals surface area contributed by atoms with E-state index in [1.807, 2.05) is 19.1 Å². The van der Waals surface area contributed by atoms with Crippen molar-refractivity contribution < 1.29 is 9.66 Å². The number of ether oxygens (including phenoxy) is 1. The Morgan fingerprint density at radius 2 is 2.00 bits per heavy atom. The number of rotatable bonds is 2. The van der Waals surface area contributed by atoms with Gasteiger partial charge >= 0.3 is 0 Å². The molecule has 3 aromatic rings. The van der Waals surface area contributed by atoms with Gasteiger partial charge in [-0.1, -0.05) is 28.1 Å². The fourth-order valence-electron chi connectivity index (χ4n) is 3.29. The molecule has 5 nitrogen and oxygen atoms in total. The predicted octanol–water partition coefficient (Wildman–Crippen LogP) is 5.18. The minimum atomic E-state index is -0.371. The summed E-state index contributed by atoms with van der Waals surface area (Å²) in [5.41, 5.74) is 3.05. The molecule has 0 bridgehead atoms. The second-order valence-corrected chi connectivity index (χ2v) is 7.02. The number of non-ortho nitro benzene ring substituents is 1. The first kappa shape index (κ1) is 15.9. The van der Waals surface area contributed by atoms with E-state index in [0.29, 0.717) is 13.3 Å². The summed E-state index contributed by atoms with van der Waals surface area (Å²) in [4.78, 5) is 12.7. The molecule has 6 heteroatoms. The van der Waals surface area contributed by atoms with Crippen molar-refractivity contribution in [1.29, 1.82) is 0 Å². The van der Waals surface area contributed by atoms with E-state index in [-0.39, 0.29) is 10.6 Å². The molecule has 0 radical (unpaired) electrons. The largest absolute Gasteiger partial charge is 0.473 e. The van der Waals surface area contributed by atoms with Gasteiger partial charge in [-0.25, -0.2) is 0 Å². The zero-order valence-corrected chi connectivity index (χ0v) is 15.1. The van der Waals surface area contributed by atoms with E-state index in [1.165, 1.54) is 6.07 Å². The zero-order valence-electron chi connectivity index (χ0n) is 13.5. The normalized spacial score (nSPS) is 13.4. The van der Waals surface area contributed by atoms with Gasteiger partial charge in [-0.2, -0.15) is 0 Å². The second kappa shape index (κ2) is 6.04. The molecule has 1 aliphatic heterocycles. The average molecular weight is 399 g/mol. The Morgan fingerprint density at radius 1 is 1.16 bits per heavy atom. The first-order valence-corrected chi connectivity index (χ1v) is 8.66. The lowest BCUT2D eigenvalue weighted by Gasteiger charge is -2.32. The number of nitrogens with zero attached hydrogens (tertiary/aromatic N) is 2. The molecular formula is C19H15BrN2O3. The monoisotopic (exact) mass is 398 g/mol. The molecule has 0 saturated carbocycles. The van der Waals surface area contributed by atoms with E-state index in [1.54, 1.807) is 12.1 Å². The van der Waals surface area contributed by atoms with Gasteiger partial charge in [-0.05, 0) is 47.5 Å². The van der Waals surface area contributed by atoms with E-state index in [0.717, 1.165) is 37.8 Å². The molecule has 4 rings (SSSR count). The molecular weight excluding hydrogens is 384 g/mol. The minimum absolute atomic E-state index is 0.106. The number of anilines is 1. The molecule has 1 heterocycles. The summed E-state index contributed by atoms with van der Waals surface area (Å²) in [7, 11) is 0. The van der Waals surface area contributed by atoms with Crippen molar-refractivity contribution in [1.82, 2.24) is 0 Å². The maximum atomic E-state index is 10.9. The standard InChI is InChI=1S/C19H15BrN2O3/c1-12-8-15(22(23)24)4-6-18(12)21-10-17-16-5-3-14(20)9-13(16)2-7-19(17)25-11-21/h2-9H,10-11H2,1H3. The average Bonchev–Trinajstić information content (AvgIpc) is 2.60. The molecule has 0 aromatic heterocycles. The molecule has 3 aromatic carbocycles. The van der Waals surface area contributed by atoms with Gasteiger partial charge in [0.15, 0.2) is 6.73 Å². The Hall–Kier alpha value is -2.60. The Balaban J connectivity index is 1.74. The van der Waals surface area contributed by atoms with Gasteiger partial charge < -0.3 is 9.64 Å². The third kappa shape index (κ3) is 2.82. The van der Waals surface area contributed by atoms with E-state index >= 15 is 0 Å². The van der Waals surface area contributed by atoms with Crippen LogP contribution in [0.4, 0.5) is 11.4 Å². The smallest absolute Gasteiger partial charge is 0.269 e. The summed E-state index contributed by atoms with van der Waals surface area (Å²) in [5.74, 6) is 0.894. The van der Waals surface area contributed by atoms with Gasteiger partial charge in [0.2, 0.25) is 0 Å². The van der Waals surface area contributed by atoms with Crippen LogP contribution in [0.25, 0.3) is 10.8 Å². The van der Waals surface area contributed by atoms with Gasteiger partial charge in [0.1, 0.15) is 5.75 Å². The van der Waals surface area contributed by atoms with Gasteiger partial charge in [0, 0.05) is 27.9 Å². The number of nitro groups is 1. The molecule has 1 aliphatic rings. The van der Waals surface area contributed by atoms with Crippen LogP contribution < -0.4 is 9.64 Å². The molecule has 0 atom stereocenters. The molecule has 0 amide bonds. The van der Waals surface area contributed by atoms with Gasteiger partial charge in [-0.3, -0.25) is 10.1 Å². The van der Waals surface area contributed by atoms with Crippen molar-refractivity contribution in [2.45, 2.75) is 13.5 Å². The van der Waals surface area contributed by atoms with E-state index in [2.05, 4.69) is 39.0 Å². The van der Waals surface area contributed by atoms with Crippen molar-refractivity contribution in [3.05, 3.63) is 74.2 Å². The SMILES string of the molecule is Cc1cc([N+](=O)[O-])ccc1N1COc2ccc3cc(Br)ccc3c2C1. The summed E-state index contributed by atoms with van der Waals surface area (Å²) in [5, 5.41) is 13.3. The number of aryl methyl sites for hydroxylation is 1. The zero-order chi connectivity index (χ0) is 17.6. The molecule has 126 valence electrons. The fraction of sp³-hybridized carbons (Fsp3) is 0.158. The van der Waals surface area contributed by atoms with Crippen LogP contribution >= 0.6 is 15.9 Å². The minimum Gasteiger partial charge on any atom is -0.473 e. The topological polar surface area (TPSA) is 55.6 Å². The highest BCUT2D eigenvalue weighted by Crippen LogP contribution is 2.36. The van der Waals surface area contributed by atoms with Crippen molar-refractivity contribution >= 4 is 38.1 Å². The molecule has 0 unspecified atom stereocenters. The maximum absolute atomic E-state index is 10.9. The highest BCUT2D eigenvalue weighted by molar-refractivity contribution is 9.10. The summed E-state index contributed by atoms with van der Waals surface area (Å²) in [6, 6.07) is 15.2. The van der Waals surface area contributed by atoms with Crippen LogP contribution in [0.1, 0.15) is 11.1 Å². The molecule has 0 spiro atoms. The number of benzene rings is 3. The van der Waals surface area contributed by atoms with Crippen LogP contribution in [0, 0.1) is 17.0 Å². The van der Waals surface area contributed by atoms with Crippen molar-refractivity contribution in [3.63, 3.8) is 0 Å². The number of halogens is 1. The number of hydrogen-bond donors (Lipinski definition) is 0. The fourth-order valence-corrected chi connectivity index (χ4v) is 3.67. The first-order chi connectivity index (χ1) is 12.0. The summed E-state index contributed by atoms with van der Waals surface area (Å²) < 4.78 is 6.98. The Bertz CT molecular complexity index is 1000. The lowest BCUT2D eigenvalue weighted by Crippen LogP contribution is -2.32. The van der Waals surface area contributed by atoms with Crippen molar-refractivity contribution in [3.8, 4) is 5.75 Å². The van der Waals surface area contributed by atoms with Gasteiger partial charge in [-0.15, -0.1) is 0 Å². The Kier molecular flexibility index (Phi) is 3.84. The van der Waals surface area contributed by atoms with Crippen molar-refractivity contribution in [2.75, 3.05) is 11.6 Å². The number of nitro benzene ring substituents is 1. The number of fused-ring (bicyclic) bond motifs is 3. The molecule has 0 aliphatic carbocycles. The second-order valence-electron chi connectivity index (χ2n) is 6.11. The molecule has 0 fully saturated rings. The quantitative estimate of drug-likeness (QED) is 0.441. The van der Waals surface area contributed by atoms with E-state index in [9.17, 15) is 10.1 Å². The van der Waals surface area contributed by atoms with Crippen LogP contribution in [0.3, 0.4) is 0 Å². The third-order valence-corrected chi connectivity index (χ3v) is 5.00. The molecule has 0 saturated heterocycles. The lowest BCUT2D eigenvalue weighted by atomic mass is 10.0. The van der Waals surface area contributed by atoms with E-state index < -0.39 is 0 Å². The lowest BCUT2D eigenvalue weighted by molar-refractivity contribution is -0.384. The van der Waals surface area contributed by atoms with Gasteiger partial charge in [0.25, 0.3) is 5.69 Å². The Morgan fingerprint density at radius 3 is 2.76 bits per heavy atom.